The fourth-order valence-corrected chi connectivity index (χ4v) is 0.758. The number of nitrogens with one attached hydrogen (secondary N) is 2. The van der Waals surface area contributed by atoms with Crippen LogP contribution in [0.2, 0.25) is 0 Å². The third-order valence-electron chi connectivity index (χ3n) is 1.27. The number of hydrogen-bond donors (Lipinski definition) is 2. The van der Waals surface area contributed by atoms with Gasteiger partial charge in [-0.25, -0.2) is 0 Å². The van der Waals surface area contributed by atoms with E-state index in [4.69, 9.17) is 16.3 Å². The highest BCUT2D eigenvalue weighted by Crippen LogP contribution is 1.75. The van der Waals surface area contributed by atoms with Crippen molar-refractivity contribution < 1.29 is 9.53 Å². The minimum Gasteiger partial charge on any atom is -0.383 e. The Kier molecular flexibility index (Phi) is 9.08. The molecule has 0 unspecified atom stereocenters. The third kappa shape index (κ3) is 9.33. The molecule has 0 fully saturated rings. The van der Waals surface area contributed by atoms with E-state index >= 15 is 0 Å². The van der Waals surface area contributed by atoms with Crippen molar-refractivity contribution in [2.45, 2.75) is 0 Å². The Balaban J connectivity index is 3.20. The predicted octanol–water partition coefficient (Wildman–Crippen LogP) is 0.0911. The monoisotopic (exact) mass is 206 g/mol. The second-order valence-corrected chi connectivity index (χ2v) is 2.59. The van der Waals surface area contributed by atoms with E-state index in [1.54, 1.807) is 13.2 Å². The van der Waals surface area contributed by atoms with Crippen molar-refractivity contribution in [1.82, 2.24) is 10.6 Å². The largest absolute Gasteiger partial charge is 0.383 e. The molecule has 13 heavy (non-hydrogen) atoms. The van der Waals surface area contributed by atoms with Crippen molar-refractivity contribution in [3.8, 4) is 0 Å². The molecule has 0 spiro atoms. The molecule has 0 atom stereocenters. The van der Waals surface area contributed by atoms with E-state index in [0.29, 0.717) is 26.2 Å². The minimum atomic E-state index is -0.0416. The van der Waals surface area contributed by atoms with Crippen molar-refractivity contribution in [2.24, 2.45) is 0 Å². The van der Waals surface area contributed by atoms with Crippen molar-refractivity contribution in [1.29, 1.82) is 0 Å². The molecule has 0 aromatic carbocycles. The minimum absolute atomic E-state index is 0.0416. The van der Waals surface area contributed by atoms with Crippen LogP contribution < -0.4 is 10.6 Å². The summed E-state index contributed by atoms with van der Waals surface area (Å²) < 4.78 is 4.77. The molecule has 0 saturated heterocycles. The first-order chi connectivity index (χ1) is 6.31. The highest BCUT2D eigenvalue weighted by Gasteiger charge is 1.96. The molecule has 5 heteroatoms. The Labute approximate surface area is 83.3 Å². The third-order valence-corrected chi connectivity index (χ3v) is 1.44. The normalized spacial score (nSPS) is 10.6. The molecule has 1 amide bonds. The van der Waals surface area contributed by atoms with E-state index in [0.717, 1.165) is 0 Å². The molecule has 0 aromatic rings. The average molecular weight is 207 g/mol. The van der Waals surface area contributed by atoms with Crippen molar-refractivity contribution >= 4 is 17.5 Å². The zero-order valence-corrected chi connectivity index (χ0v) is 8.43. The van der Waals surface area contributed by atoms with Crippen LogP contribution in [0.5, 0.6) is 0 Å². The Morgan fingerprint density at radius 2 is 2.38 bits per heavy atom. The van der Waals surface area contributed by atoms with Gasteiger partial charge < -0.3 is 15.4 Å². The van der Waals surface area contributed by atoms with Crippen LogP contribution >= 0.6 is 11.6 Å². The number of ether oxygens (including phenoxy) is 1. The fraction of sp³-hybridized carbons (Fsp3) is 0.625. The molecule has 0 bridgehead atoms. The number of halogens is 1. The number of methoxy groups -OCH3 is 1. The Morgan fingerprint density at radius 1 is 1.62 bits per heavy atom. The van der Waals surface area contributed by atoms with Crippen LogP contribution in [0.3, 0.4) is 0 Å². The first kappa shape index (κ1) is 12.4. The van der Waals surface area contributed by atoms with Gasteiger partial charge in [0.25, 0.3) is 0 Å². The van der Waals surface area contributed by atoms with E-state index in [1.165, 1.54) is 5.54 Å². The lowest BCUT2D eigenvalue weighted by Crippen LogP contribution is -2.35. The predicted molar refractivity (Wildman–Crippen MR) is 52.7 cm³/mol. The van der Waals surface area contributed by atoms with Gasteiger partial charge in [-0.15, -0.1) is 0 Å². The summed E-state index contributed by atoms with van der Waals surface area (Å²) in [4.78, 5) is 11.0. The Morgan fingerprint density at radius 3 is 3.00 bits per heavy atom. The fourth-order valence-electron chi connectivity index (χ4n) is 0.669. The number of hydrogen-bond acceptors (Lipinski definition) is 3. The van der Waals surface area contributed by atoms with Crippen LogP contribution in [-0.2, 0) is 9.53 Å². The number of carbonyl (C=O) groups excluding carboxylic acids is 1. The van der Waals surface area contributed by atoms with Gasteiger partial charge in [0.15, 0.2) is 0 Å². The van der Waals surface area contributed by atoms with E-state index in [-0.39, 0.29) is 5.91 Å². The van der Waals surface area contributed by atoms with Crippen molar-refractivity contribution in [3.63, 3.8) is 0 Å². The van der Waals surface area contributed by atoms with Gasteiger partial charge in [0.2, 0.25) is 5.91 Å². The summed E-state index contributed by atoms with van der Waals surface area (Å²) in [7, 11) is 1.59. The van der Waals surface area contributed by atoms with E-state index in [1.807, 2.05) is 0 Å². The van der Waals surface area contributed by atoms with Gasteiger partial charge in [0.1, 0.15) is 0 Å². The second-order valence-electron chi connectivity index (χ2n) is 2.34. The van der Waals surface area contributed by atoms with Crippen LogP contribution in [0, 0.1) is 0 Å². The molecule has 76 valence electrons. The van der Waals surface area contributed by atoms with E-state index in [9.17, 15) is 4.79 Å². The molecule has 2 N–H and O–H groups in total. The standard InChI is InChI=1S/C8H15ClN2O2/c1-13-6-5-11-8(12)7-10-4-2-3-9/h2-3,10H,4-7H2,1H3,(H,11,12)/b3-2+. The molecule has 0 aliphatic heterocycles. The van der Waals surface area contributed by atoms with Crippen LogP contribution in [0.4, 0.5) is 0 Å². The lowest BCUT2D eigenvalue weighted by molar-refractivity contribution is -0.120. The summed E-state index contributed by atoms with van der Waals surface area (Å²) in [6.45, 7) is 1.97. The summed E-state index contributed by atoms with van der Waals surface area (Å²) in [5.74, 6) is -0.0416. The van der Waals surface area contributed by atoms with Crippen molar-refractivity contribution in [3.05, 3.63) is 11.6 Å². The molecule has 0 aliphatic rings. The Bertz CT molecular complexity index is 162. The van der Waals surface area contributed by atoms with Gasteiger partial charge in [-0.3, -0.25) is 4.79 Å². The van der Waals surface area contributed by atoms with Crippen LogP contribution in [0.25, 0.3) is 0 Å². The summed E-state index contributed by atoms with van der Waals surface area (Å²) in [5.41, 5.74) is 1.41. The molecule has 0 rings (SSSR count). The van der Waals surface area contributed by atoms with Gasteiger partial charge in [0, 0.05) is 25.7 Å². The molecule has 0 aliphatic carbocycles. The summed E-state index contributed by atoms with van der Waals surface area (Å²) in [6.07, 6.45) is 1.73. The number of amides is 1. The highest BCUT2D eigenvalue weighted by molar-refractivity contribution is 6.25. The zero-order valence-electron chi connectivity index (χ0n) is 7.68. The van der Waals surface area contributed by atoms with Gasteiger partial charge in [-0.05, 0) is 0 Å². The first-order valence-electron chi connectivity index (χ1n) is 4.03. The average Bonchev–Trinajstić information content (AvgIpc) is 2.13. The van der Waals surface area contributed by atoms with E-state index < -0.39 is 0 Å². The first-order valence-corrected chi connectivity index (χ1v) is 4.46. The van der Waals surface area contributed by atoms with Crippen LogP contribution in [0.1, 0.15) is 0 Å². The molecule has 0 radical (unpaired) electrons. The van der Waals surface area contributed by atoms with Crippen LogP contribution in [0.15, 0.2) is 11.6 Å². The zero-order chi connectivity index (χ0) is 9.94. The lowest BCUT2D eigenvalue weighted by Gasteiger charge is -2.03. The van der Waals surface area contributed by atoms with Crippen molar-refractivity contribution in [2.75, 3.05) is 33.4 Å². The Hall–Kier alpha value is -0.580. The molecule has 0 heterocycles. The smallest absolute Gasteiger partial charge is 0.234 e. The maximum absolute atomic E-state index is 11.0. The molecule has 4 nitrogen and oxygen atoms in total. The molecule has 0 saturated carbocycles. The summed E-state index contributed by atoms with van der Waals surface area (Å²) in [6, 6.07) is 0. The molecular formula is C8H15ClN2O2. The number of rotatable bonds is 7. The molecule has 0 aromatic heterocycles. The summed E-state index contributed by atoms with van der Waals surface area (Å²) in [5, 5.41) is 5.57. The lowest BCUT2D eigenvalue weighted by atomic mass is 10.5. The van der Waals surface area contributed by atoms with Gasteiger partial charge >= 0.3 is 0 Å². The summed E-state index contributed by atoms with van der Waals surface area (Å²) >= 11 is 5.28. The molecular weight excluding hydrogens is 192 g/mol. The topological polar surface area (TPSA) is 50.4 Å². The maximum Gasteiger partial charge on any atom is 0.234 e. The van der Waals surface area contributed by atoms with Gasteiger partial charge in [-0.1, -0.05) is 17.7 Å². The SMILES string of the molecule is COCCNC(=O)CNC/C=C/Cl. The number of carbonyl (C=O) groups is 1. The highest BCUT2D eigenvalue weighted by atomic mass is 35.5. The quantitative estimate of drug-likeness (QED) is 0.581. The van der Waals surface area contributed by atoms with Gasteiger partial charge in [0.05, 0.1) is 13.2 Å². The maximum atomic E-state index is 11.0. The van der Waals surface area contributed by atoms with E-state index in [2.05, 4.69) is 10.6 Å². The van der Waals surface area contributed by atoms with Crippen LogP contribution in [-0.4, -0.2) is 39.3 Å². The second kappa shape index (κ2) is 9.51. The van der Waals surface area contributed by atoms with Gasteiger partial charge in [-0.2, -0.15) is 0 Å².